The molecule has 6 nitrogen and oxygen atoms in total. The van der Waals surface area contributed by atoms with Crippen molar-refractivity contribution in [3.8, 4) is 22.8 Å². The lowest BCUT2D eigenvalue weighted by Crippen LogP contribution is -2.15. The fraction of sp³-hybridized carbons (Fsp3) is 0.273. The average Bonchev–Trinajstić information content (AvgIpc) is 2.74. The third-order valence-electron chi connectivity index (χ3n) is 4.46. The molecule has 0 aliphatic rings. The van der Waals surface area contributed by atoms with E-state index in [1.165, 1.54) is 0 Å². The van der Waals surface area contributed by atoms with Crippen molar-refractivity contribution < 1.29 is 9.47 Å². The van der Waals surface area contributed by atoms with Gasteiger partial charge in [0.05, 0.1) is 25.6 Å². The van der Waals surface area contributed by atoms with E-state index in [0.717, 1.165) is 34.9 Å². The Hall–Kier alpha value is -3.28. The minimum Gasteiger partial charge on any atom is -0.497 e. The molecule has 3 aromatic rings. The van der Waals surface area contributed by atoms with Crippen LogP contribution in [0.5, 0.6) is 11.5 Å². The largest absolute Gasteiger partial charge is 0.497 e. The minimum atomic E-state index is 0.307. The van der Waals surface area contributed by atoms with Crippen molar-refractivity contribution in [1.29, 1.82) is 0 Å². The lowest BCUT2D eigenvalue weighted by atomic mass is 10.1. The number of ether oxygens (including phenoxy) is 2. The SMILES string of the molecule is CCC(C)Nc1cc(-c2ccccc2)nc(Nc2ccc(OC)cc2OC)n1. The van der Waals surface area contributed by atoms with Gasteiger partial charge in [0.25, 0.3) is 0 Å². The van der Waals surface area contributed by atoms with Crippen LogP contribution < -0.4 is 20.1 Å². The summed E-state index contributed by atoms with van der Waals surface area (Å²) in [5.74, 6) is 2.65. The van der Waals surface area contributed by atoms with Gasteiger partial charge in [-0.25, -0.2) is 4.98 Å². The zero-order chi connectivity index (χ0) is 19.9. The number of nitrogens with zero attached hydrogens (tertiary/aromatic N) is 2. The predicted molar refractivity (Wildman–Crippen MR) is 114 cm³/mol. The van der Waals surface area contributed by atoms with Crippen LogP contribution in [-0.4, -0.2) is 30.2 Å². The van der Waals surface area contributed by atoms with Crippen LogP contribution in [0, 0.1) is 0 Å². The fourth-order valence-electron chi connectivity index (χ4n) is 2.71. The first kappa shape index (κ1) is 19.5. The van der Waals surface area contributed by atoms with Gasteiger partial charge in [-0.2, -0.15) is 4.98 Å². The summed E-state index contributed by atoms with van der Waals surface area (Å²) in [6.07, 6.45) is 1.000. The molecule has 1 atom stereocenters. The van der Waals surface area contributed by atoms with Crippen LogP contribution in [0.1, 0.15) is 20.3 Å². The Morgan fingerprint density at radius 2 is 1.75 bits per heavy atom. The maximum absolute atomic E-state index is 5.47. The van der Waals surface area contributed by atoms with Gasteiger partial charge in [0.1, 0.15) is 17.3 Å². The number of hydrogen-bond donors (Lipinski definition) is 2. The predicted octanol–water partition coefficient (Wildman–Crippen LogP) is 5.11. The molecule has 0 radical (unpaired) electrons. The summed E-state index contributed by atoms with van der Waals surface area (Å²) in [6.45, 7) is 4.27. The van der Waals surface area contributed by atoms with Crippen molar-refractivity contribution in [1.82, 2.24) is 9.97 Å². The third kappa shape index (κ3) is 4.71. The zero-order valence-corrected chi connectivity index (χ0v) is 16.7. The van der Waals surface area contributed by atoms with Gasteiger partial charge in [-0.3, -0.25) is 0 Å². The van der Waals surface area contributed by atoms with E-state index in [1.54, 1.807) is 14.2 Å². The van der Waals surface area contributed by atoms with E-state index in [1.807, 2.05) is 54.6 Å². The van der Waals surface area contributed by atoms with Crippen molar-refractivity contribution in [2.24, 2.45) is 0 Å². The van der Waals surface area contributed by atoms with Crippen LogP contribution >= 0.6 is 0 Å². The number of rotatable bonds is 8. The molecular weight excluding hydrogens is 352 g/mol. The highest BCUT2D eigenvalue weighted by Crippen LogP contribution is 2.31. The van der Waals surface area contributed by atoms with E-state index in [2.05, 4.69) is 29.5 Å². The van der Waals surface area contributed by atoms with Gasteiger partial charge in [-0.05, 0) is 25.5 Å². The first-order chi connectivity index (χ1) is 13.6. The van der Waals surface area contributed by atoms with Crippen LogP contribution in [0.2, 0.25) is 0 Å². The Labute approximate surface area is 166 Å². The topological polar surface area (TPSA) is 68.3 Å². The summed E-state index contributed by atoms with van der Waals surface area (Å²) >= 11 is 0. The molecule has 0 aliphatic heterocycles. The van der Waals surface area contributed by atoms with E-state index in [0.29, 0.717) is 17.7 Å². The standard InChI is InChI=1S/C22H26N4O2/c1-5-15(2)23-21-14-19(16-9-7-6-8-10-16)25-22(26-21)24-18-12-11-17(27-3)13-20(18)28-4/h6-15H,5H2,1-4H3,(H2,23,24,25,26). The Kier molecular flexibility index (Phi) is 6.32. The van der Waals surface area contributed by atoms with Crippen molar-refractivity contribution >= 4 is 17.5 Å². The van der Waals surface area contributed by atoms with Gasteiger partial charge in [-0.1, -0.05) is 37.3 Å². The van der Waals surface area contributed by atoms with Crippen molar-refractivity contribution in [2.45, 2.75) is 26.3 Å². The van der Waals surface area contributed by atoms with Gasteiger partial charge >= 0.3 is 0 Å². The molecule has 0 bridgehead atoms. The summed E-state index contributed by atoms with van der Waals surface area (Å²) in [4.78, 5) is 9.34. The molecule has 0 fully saturated rings. The summed E-state index contributed by atoms with van der Waals surface area (Å²) < 4.78 is 10.7. The highest BCUT2D eigenvalue weighted by molar-refractivity contribution is 5.69. The molecule has 28 heavy (non-hydrogen) atoms. The molecule has 0 spiro atoms. The molecule has 6 heteroatoms. The molecule has 1 unspecified atom stereocenters. The van der Waals surface area contributed by atoms with Crippen molar-refractivity contribution in [3.05, 3.63) is 54.6 Å². The maximum Gasteiger partial charge on any atom is 0.229 e. The van der Waals surface area contributed by atoms with E-state index in [4.69, 9.17) is 14.5 Å². The monoisotopic (exact) mass is 378 g/mol. The molecule has 1 aromatic heterocycles. The normalized spacial score (nSPS) is 11.6. The molecule has 146 valence electrons. The number of methoxy groups -OCH3 is 2. The molecule has 3 rings (SSSR count). The van der Waals surface area contributed by atoms with E-state index in [-0.39, 0.29) is 0 Å². The van der Waals surface area contributed by atoms with Crippen LogP contribution in [-0.2, 0) is 0 Å². The second-order valence-electron chi connectivity index (χ2n) is 6.47. The number of hydrogen-bond acceptors (Lipinski definition) is 6. The first-order valence-corrected chi connectivity index (χ1v) is 9.33. The minimum absolute atomic E-state index is 0.307. The second-order valence-corrected chi connectivity index (χ2v) is 6.47. The Morgan fingerprint density at radius 3 is 2.43 bits per heavy atom. The van der Waals surface area contributed by atoms with Gasteiger partial charge in [-0.15, -0.1) is 0 Å². The Morgan fingerprint density at radius 1 is 0.964 bits per heavy atom. The second kappa shape index (κ2) is 9.08. The van der Waals surface area contributed by atoms with Crippen LogP contribution in [0.3, 0.4) is 0 Å². The maximum atomic E-state index is 5.47. The van der Waals surface area contributed by atoms with Gasteiger partial charge in [0, 0.05) is 23.7 Å². The summed E-state index contributed by atoms with van der Waals surface area (Å²) in [5.41, 5.74) is 2.64. The highest BCUT2D eigenvalue weighted by Gasteiger charge is 2.11. The van der Waals surface area contributed by atoms with Gasteiger partial charge in [0.2, 0.25) is 5.95 Å². The summed E-state index contributed by atoms with van der Waals surface area (Å²) in [6, 6.07) is 17.9. The number of nitrogens with one attached hydrogen (secondary N) is 2. The fourth-order valence-corrected chi connectivity index (χ4v) is 2.71. The molecule has 1 heterocycles. The van der Waals surface area contributed by atoms with E-state index in [9.17, 15) is 0 Å². The lowest BCUT2D eigenvalue weighted by molar-refractivity contribution is 0.395. The van der Waals surface area contributed by atoms with Crippen LogP contribution in [0.15, 0.2) is 54.6 Å². The average molecular weight is 378 g/mol. The zero-order valence-electron chi connectivity index (χ0n) is 16.7. The van der Waals surface area contributed by atoms with Crippen molar-refractivity contribution in [2.75, 3.05) is 24.9 Å². The molecule has 2 aromatic carbocycles. The summed E-state index contributed by atoms with van der Waals surface area (Å²) in [7, 11) is 3.25. The Balaban J connectivity index is 1.99. The Bertz CT molecular complexity index is 916. The molecule has 0 saturated carbocycles. The van der Waals surface area contributed by atoms with E-state index >= 15 is 0 Å². The molecule has 2 N–H and O–H groups in total. The van der Waals surface area contributed by atoms with Crippen LogP contribution in [0.4, 0.5) is 17.5 Å². The van der Waals surface area contributed by atoms with Gasteiger partial charge in [0.15, 0.2) is 0 Å². The van der Waals surface area contributed by atoms with E-state index < -0.39 is 0 Å². The number of benzene rings is 2. The van der Waals surface area contributed by atoms with Gasteiger partial charge < -0.3 is 20.1 Å². The number of anilines is 3. The molecule has 0 amide bonds. The highest BCUT2D eigenvalue weighted by atomic mass is 16.5. The van der Waals surface area contributed by atoms with Crippen LogP contribution in [0.25, 0.3) is 11.3 Å². The first-order valence-electron chi connectivity index (χ1n) is 9.33. The molecule has 0 aliphatic carbocycles. The quantitative estimate of drug-likeness (QED) is 0.567. The lowest BCUT2D eigenvalue weighted by Gasteiger charge is -2.16. The smallest absolute Gasteiger partial charge is 0.229 e. The number of aromatic nitrogens is 2. The van der Waals surface area contributed by atoms with Crippen molar-refractivity contribution in [3.63, 3.8) is 0 Å². The molecular formula is C22H26N4O2. The molecule has 0 saturated heterocycles. The third-order valence-corrected chi connectivity index (χ3v) is 4.46. The summed E-state index contributed by atoms with van der Waals surface area (Å²) in [5, 5.41) is 6.71.